The maximum atomic E-state index is 6.01. The first kappa shape index (κ1) is 12.0. The molecule has 0 spiro atoms. The summed E-state index contributed by atoms with van der Waals surface area (Å²) >= 11 is 11.8. The molecule has 2 aromatic carbocycles. The number of hydrogen-bond donors (Lipinski definition) is 1. The third-order valence-corrected chi connectivity index (χ3v) is 2.70. The van der Waals surface area contributed by atoms with Gasteiger partial charge in [0.1, 0.15) is 0 Å². The monoisotopic (exact) mass is 264 g/mol. The summed E-state index contributed by atoms with van der Waals surface area (Å²) in [5.41, 5.74) is 4.66. The average Bonchev–Trinajstić information content (AvgIpc) is 2.33. The van der Waals surface area contributed by atoms with Crippen molar-refractivity contribution in [3.8, 4) is 0 Å². The van der Waals surface area contributed by atoms with Crippen LogP contribution in [0.25, 0.3) is 0 Å². The summed E-state index contributed by atoms with van der Waals surface area (Å²) in [4.78, 5) is 0. The molecule has 0 aliphatic heterocycles. The standard InChI is InChI=1S/C13H10Cl2N2/c14-11-7-6-10(13(15)8-11)9-16-17-12-4-2-1-3-5-12/h1-9,17H/b16-9+. The van der Waals surface area contributed by atoms with E-state index in [0.717, 1.165) is 11.3 Å². The van der Waals surface area contributed by atoms with Gasteiger partial charge in [-0.05, 0) is 24.3 Å². The van der Waals surface area contributed by atoms with Crippen LogP contribution in [-0.2, 0) is 0 Å². The Morgan fingerprint density at radius 2 is 1.76 bits per heavy atom. The molecular weight excluding hydrogens is 255 g/mol. The highest BCUT2D eigenvalue weighted by molar-refractivity contribution is 6.36. The number of rotatable bonds is 3. The Labute approximate surface area is 110 Å². The molecule has 0 atom stereocenters. The summed E-state index contributed by atoms with van der Waals surface area (Å²) in [6.07, 6.45) is 1.66. The Balaban J connectivity index is 2.06. The summed E-state index contributed by atoms with van der Waals surface area (Å²) in [6.45, 7) is 0. The van der Waals surface area contributed by atoms with E-state index >= 15 is 0 Å². The summed E-state index contributed by atoms with van der Waals surface area (Å²) in [5.74, 6) is 0. The number of hydrogen-bond acceptors (Lipinski definition) is 2. The number of nitrogens with zero attached hydrogens (tertiary/aromatic N) is 1. The number of hydrazone groups is 1. The number of nitrogens with one attached hydrogen (secondary N) is 1. The highest BCUT2D eigenvalue weighted by atomic mass is 35.5. The van der Waals surface area contributed by atoms with Gasteiger partial charge in [-0.2, -0.15) is 5.10 Å². The zero-order valence-corrected chi connectivity index (χ0v) is 10.4. The Morgan fingerprint density at radius 3 is 2.47 bits per heavy atom. The molecule has 2 nitrogen and oxygen atoms in total. The van der Waals surface area contributed by atoms with E-state index in [4.69, 9.17) is 23.2 Å². The molecule has 0 heterocycles. The second-order valence-corrected chi connectivity index (χ2v) is 4.25. The normalized spacial score (nSPS) is 10.7. The lowest BCUT2D eigenvalue weighted by Gasteiger charge is -2.00. The van der Waals surface area contributed by atoms with Gasteiger partial charge >= 0.3 is 0 Å². The largest absolute Gasteiger partial charge is 0.279 e. The van der Waals surface area contributed by atoms with Crippen molar-refractivity contribution >= 4 is 35.1 Å². The van der Waals surface area contributed by atoms with Gasteiger partial charge in [0.2, 0.25) is 0 Å². The summed E-state index contributed by atoms with van der Waals surface area (Å²) < 4.78 is 0. The van der Waals surface area contributed by atoms with Crippen molar-refractivity contribution in [2.24, 2.45) is 5.10 Å². The molecule has 0 radical (unpaired) electrons. The zero-order valence-electron chi connectivity index (χ0n) is 8.90. The summed E-state index contributed by atoms with van der Waals surface area (Å²) in [6, 6.07) is 15.0. The molecule has 0 fully saturated rings. The molecule has 86 valence electrons. The van der Waals surface area contributed by atoms with Crippen molar-refractivity contribution in [2.75, 3.05) is 5.43 Å². The first-order chi connectivity index (χ1) is 8.25. The second-order valence-electron chi connectivity index (χ2n) is 3.40. The van der Waals surface area contributed by atoms with Gasteiger partial charge in [-0.15, -0.1) is 0 Å². The van der Waals surface area contributed by atoms with E-state index in [9.17, 15) is 0 Å². The fraction of sp³-hybridized carbons (Fsp3) is 0. The van der Waals surface area contributed by atoms with Crippen molar-refractivity contribution in [3.63, 3.8) is 0 Å². The van der Waals surface area contributed by atoms with E-state index < -0.39 is 0 Å². The molecule has 17 heavy (non-hydrogen) atoms. The number of anilines is 1. The first-order valence-electron chi connectivity index (χ1n) is 5.05. The van der Waals surface area contributed by atoms with Crippen molar-refractivity contribution in [3.05, 3.63) is 64.1 Å². The number of halogens is 2. The predicted molar refractivity (Wildman–Crippen MR) is 74.1 cm³/mol. The lowest BCUT2D eigenvalue weighted by molar-refractivity contribution is 1.35. The van der Waals surface area contributed by atoms with Gasteiger partial charge < -0.3 is 0 Å². The maximum absolute atomic E-state index is 6.01. The topological polar surface area (TPSA) is 24.4 Å². The van der Waals surface area contributed by atoms with Crippen LogP contribution in [0.15, 0.2) is 53.6 Å². The van der Waals surface area contributed by atoms with Crippen molar-refractivity contribution in [2.45, 2.75) is 0 Å². The van der Waals surface area contributed by atoms with Crippen LogP contribution in [0, 0.1) is 0 Å². The number of benzene rings is 2. The molecule has 0 saturated carbocycles. The van der Waals surface area contributed by atoms with Crippen molar-refractivity contribution in [1.82, 2.24) is 0 Å². The van der Waals surface area contributed by atoms with Gasteiger partial charge in [-0.25, -0.2) is 0 Å². The quantitative estimate of drug-likeness (QED) is 0.644. The lowest BCUT2D eigenvalue weighted by Crippen LogP contribution is -1.90. The van der Waals surface area contributed by atoms with Gasteiger partial charge in [-0.3, -0.25) is 5.43 Å². The third kappa shape index (κ3) is 3.48. The molecule has 4 heteroatoms. The predicted octanol–water partition coefficient (Wildman–Crippen LogP) is 4.44. The van der Waals surface area contributed by atoms with Crippen LogP contribution in [0.1, 0.15) is 5.56 Å². The Morgan fingerprint density at radius 1 is 1.00 bits per heavy atom. The van der Waals surface area contributed by atoms with Gasteiger partial charge in [0.15, 0.2) is 0 Å². The molecule has 0 aromatic heterocycles. The van der Waals surface area contributed by atoms with Crippen LogP contribution >= 0.6 is 23.2 Å². The van der Waals surface area contributed by atoms with Crippen LogP contribution in [-0.4, -0.2) is 6.21 Å². The highest BCUT2D eigenvalue weighted by Crippen LogP contribution is 2.19. The lowest BCUT2D eigenvalue weighted by atomic mass is 10.2. The second kappa shape index (κ2) is 5.71. The van der Waals surface area contributed by atoms with Crippen molar-refractivity contribution < 1.29 is 0 Å². The molecule has 2 aromatic rings. The maximum Gasteiger partial charge on any atom is 0.0561 e. The van der Waals surface area contributed by atoms with Crippen LogP contribution in [0.2, 0.25) is 10.0 Å². The first-order valence-corrected chi connectivity index (χ1v) is 5.80. The fourth-order valence-electron chi connectivity index (χ4n) is 1.30. The molecule has 2 rings (SSSR count). The highest BCUT2D eigenvalue weighted by Gasteiger charge is 1.97. The molecule has 1 N–H and O–H groups in total. The van der Waals surface area contributed by atoms with E-state index in [2.05, 4.69) is 10.5 Å². The van der Waals surface area contributed by atoms with Gasteiger partial charge in [0.25, 0.3) is 0 Å². The minimum Gasteiger partial charge on any atom is -0.279 e. The molecule has 0 saturated heterocycles. The zero-order chi connectivity index (χ0) is 12.1. The molecule has 0 aliphatic rings. The van der Waals surface area contributed by atoms with E-state index in [1.165, 1.54) is 0 Å². The number of para-hydroxylation sites is 1. The van der Waals surface area contributed by atoms with Crippen LogP contribution in [0.5, 0.6) is 0 Å². The van der Waals surface area contributed by atoms with Crippen LogP contribution < -0.4 is 5.43 Å². The Hall–Kier alpha value is -1.51. The fourth-order valence-corrected chi connectivity index (χ4v) is 1.75. The molecule has 0 amide bonds. The van der Waals surface area contributed by atoms with Gasteiger partial charge in [0.05, 0.1) is 16.9 Å². The minimum atomic E-state index is 0.580. The molecule has 0 bridgehead atoms. The molecule has 0 unspecified atom stereocenters. The van der Waals surface area contributed by atoms with Crippen molar-refractivity contribution in [1.29, 1.82) is 0 Å². The van der Waals surface area contributed by atoms with E-state index in [0.29, 0.717) is 10.0 Å². The third-order valence-electron chi connectivity index (χ3n) is 2.13. The summed E-state index contributed by atoms with van der Waals surface area (Å²) in [5, 5.41) is 5.29. The van der Waals surface area contributed by atoms with E-state index in [1.807, 2.05) is 36.4 Å². The Bertz CT molecular complexity index is 524. The Kier molecular flexibility index (Phi) is 4.02. The molecular formula is C13H10Cl2N2. The SMILES string of the molecule is Clc1ccc(/C=N/Nc2ccccc2)c(Cl)c1. The smallest absolute Gasteiger partial charge is 0.0561 e. The molecule has 0 aliphatic carbocycles. The van der Waals surface area contributed by atoms with Gasteiger partial charge in [0, 0.05) is 10.6 Å². The van der Waals surface area contributed by atoms with Gasteiger partial charge in [-0.1, -0.05) is 47.5 Å². The van der Waals surface area contributed by atoms with Crippen LogP contribution in [0.4, 0.5) is 5.69 Å². The average molecular weight is 265 g/mol. The van der Waals surface area contributed by atoms with E-state index in [1.54, 1.807) is 18.3 Å². The van der Waals surface area contributed by atoms with E-state index in [-0.39, 0.29) is 0 Å². The van der Waals surface area contributed by atoms with Crippen LogP contribution in [0.3, 0.4) is 0 Å². The summed E-state index contributed by atoms with van der Waals surface area (Å²) in [7, 11) is 0. The minimum absolute atomic E-state index is 0.580.